The Hall–Kier alpha value is -4.55. The molecule has 13 nitrogen and oxygen atoms in total. The third kappa shape index (κ3) is 13.2. The van der Waals surface area contributed by atoms with E-state index >= 15 is 0 Å². The molecular weight excluding hydrogens is 666 g/mol. The first-order valence-corrected chi connectivity index (χ1v) is 18.3. The molecule has 0 spiro atoms. The molecule has 0 aliphatic carbocycles. The molecule has 5 amide bonds. The van der Waals surface area contributed by atoms with Crippen LogP contribution in [0.15, 0.2) is 30.3 Å². The number of hydrogen-bond acceptors (Lipinski definition) is 9. The number of imide groups is 1. The molecule has 1 heterocycles. The number of carbonyl (C=O) groups excluding carboxylic acids is 5. The molecule has 3 rings (SSSR count). The lowest BCUT2D eigenvalue weighted by Crippen LogP contribution is -2.41. The van der Waals surface area contributed by atoms with Crippen LogP contribution in [-0.4, -0.2) is 101 Å². The Labute approximate surface area is 308 Å². The average molecular weight is 726 g/mol. The number of benzene rings is 2. The van der Waals surface area contributed by atoms with Gasteiger partial charge in [-0.1, -0.05) is 12.1 Å². The lowest BCUT2D eigenvalue weighted by molar-refractivity contribution is 0.0206. The molecule has 0 unspecified atom stereocenters. The topological polar surface area (TPSA) is 161 Å². The second-order valence-corrected chi connectivity index (χ2v) is 16.2. The van der Waals surface area contributed by atoms with Crippen LogP contribution in [0, 0.1) is 0 Å². The van der Waals surface area contributed by atoms with Crippen molar-refractivity contribution >= 4 is 46.6 Å². The molecule has 52 heavy (non-hydrogen) atoms. The summed E-state index contributed by atoms with van der Waals surface area (Å²) in [5, 5.41) is 4.12. The number of ether oxygens (including phenoxy) is 3. The highest BCUT2D eigenvalue weighted by Gasteiger charge is 2.33. The van der Waals surface area contributed by atoms with Gasteiger partial charge in [-0.15, -0.1) is 0 Å². The van der Waals surface area contributed by atoms with Gasteiger partial charge in [-0.05, 0) is 124 Å². The number of amides is 5. The fourth-order valence-electron chi connectivity index (χ4n) is 5.74. The molecule has 3 N–H and O–H groups in total. The number of rotatable bonds is 15. The quantitative estimate of drug-likeness (QED) is 0.0828. The van der Waals surface area contributed by atoms with Crippen LogP contribution < -0.4 is 11.1 Å². The number of anilines is 1. The molecular formula is C39H59N5O8. The molecule has 0 saturated carbocycles. The normalized spacial score (nSPS) is 13.2. The van der Waals surface area contributed by atoms with Crippen molar-refractivity contribution in [3.8, 4) is 0 Å². The van der Waals surface area contributed by atoms with Crippen LogP contribution in [0.3, 0.4) is 0 Å². The predicted molar refractivity (Wildman–Crippen MR) is 201 cm³/mol. The first kappa shape index (κ1) is 41.9. The van der Waals surface area contributed by atoms with E-state index in [9.17, 15) is 24.0 Å². The molecule has 13 heteroatoms. The van der Waals surface area contributed by atoms with Gasteiger partial charge >= 0.3 is 18.3 Å². The van der Waals surface area contributed by atoms with Gasteiger partial charge in [-0.2, -0.15) is 0 Å². The fourth-order valence-corrected chi connectivity index (χ4v) is 5.74. The van der Waals surface area contributed by atoms with Crippen molar-refractivity contribution < 1.29 is 38.2 Å². The van der Waals surface area contributed by atoms with Crippen molar-refractivity contribution in [3.05, 3.63) is 41.5 Å². The zero-order valence-electron chi connectivity index (χ0n) is 32.6. The van der Waals surface area contributed by atoms with Crippen LogP contribution in [0.4, 0.5) is 20.1 Å². The van der Waals surface area contributed by atoms with Gasteiger partial charge in [0.15, 0.2) is 0 Å². The molecule has 1 aliphatic rings. The maximum atomic E-state index is 13.4. The van der Waals surface area contributed by atoms with Gasteiger partial charge in [0, 0.05) is 55.9 Å². The number of nitrogens with one attached hydrogen (secondary N) is 1. The van der Waals surface area contributed by atoms with Gasteiger partial charge in [0.2, 0.25) is 0 Å². The molecule has 1 aliphatic heterocycles. The first-order valence-electron chi connectivity index (χ1n) is 18.3. The summed E-state index contributed by atoms with van der Waals surface area (Å²) in [5.41, 5.74) is 5.47. The number of nitrogens with zero attached hydrogens (tertiary/aromatic N) is 3. The molecule has 2 aromatic rings. The van der Waals surface area contributed by atoms with Crippen molar-refractivity contribution in [2.75, 3.05) is 45.0 Å². The summed E-state index contributed by atoms with van der Waals surface area (Å²) in [6.45, 7) is 18.5. The van der Waals surface area contributed by atoms with Crippen molar-refractivity contribution in [1.82, 2.24) is 20.0 Å². The number of alkyl carbamates (subject to hydrolysis) is 1. The summed E-state index contributed by atoms with van der Waals surface area (Å²) in [7, 11) is 0. The zero-order chi connectivity index (χ0) is 38.9. The Kier molecular flexibility index (Phi) is 14.3. The van der Waals surface area contributed by atoms with E-state index in [2.05, 4.69) is 5.32 Å². The van der Waals surface area contributed by atoms with Crippen LogP contribution in [0.2, 0.25) is 0 Å². The van der Waals surface area contributed by atoms with E-state index in [1.165, 1.54) is 4.90 Å². The van der Waals surface area contributed by atoms with Crippen LogP contribution in [0.5, 0.6) is 0 Å². The smallest absolute Gasteiger partial charge is 0.410 e. The Morgan fingerprint density at radius 3 is 1.67 bits per heavy atom. The minimum Gasteiger partial charge on any atom is -0.444 e. The summed E-state index contributed by atoms with van der Waals surface area (Å²) in [6.07, 6.45) is 2.18. The lowest BCUT2D eigenvalue weighted by Gasteiger charge is -2.30. The van der Waals surface area contributed by atoms with Crippen LogP contribution >= 0.6 is 0 Å². The number of nitrogens with two attached hydrogens (primary N) is 1. The maximum absolute atomic E-state index is 13.4. The highest BCUT2D eigenvalue weighted by molar-refractivity contribution is 6.25. The van der Waals surface area contributed by atoms with Crippen LogP contribution in [0.1, 0.15) is 122 Å². The third-order valence-corrected chi connectivity index (χ3v) is 7.94. The lowest BCUT2D eigenvalue weighted by atomic mass is 9.93. The molecule has 0 radical (unpaired) electrons. The summed E-state index contributed by atoms with van der Waals surface area (Å²) in [4.78, 5) is 69.5. The summed E-state index contributed by atoms with van der Waals surface area (Å²) in [5.74, 6) is -0.718. The molecule has 0 saturated heterocycles. The minimum atomic E-state index is -0.690. The van der Waals surface area contributed by atoms with Crippen molar-refractivity contribution in [1.29, 1.82) is 0 Å². The SMILES string of the molecule is CC(C)(C)OC(=O)NCCCCN(CCCCN(CCCCN1C(=O)c2cccc3cc(N)cc(c23)C1=O)C(=O)OC(C)(C)C)C(=O)OC(C)(C)C. The Morgan fingerprint density at radius 2 is 1.15 bits per heavy atom. The van der Waals surface area contributed by atoms with Crippen molar-refractivity contribution in [2.45, 2.75) is 118 Å². The molecule has 288 valence electrons. The predicted octanol–water partition coefficient (Wildman–Crippen LogP) is 7.36. The first-order chi connectivity index (χ1) is 24.1. The van der Waals surface area contributed by atoms with E-state index in [-0.39, 0.29) is 18.4 Å². The molecule has 0 atom stereocenters. The van der Waals surface area contributed by atoms with E-state index in [1.807, 2.05) is 47.6 Å². The van der Waals surface area contributed by atoms with E-state index in [0.29, 0.717) is 93.4 Å². The molecule has 0 fully saturated rings. The van der Waals surface area contributed by atoms with Gasteiger partial charge in [-0.25, -0.2) is 14.4 Å². The number of carbonyl (C=O) groups is 5. The number of hydrogen-bond donors (Lipinski definition) is 2. The summed E-state index contributed by atoms with van der Waals surface area (Å²) >= 11 is 0. The molecule has 0 aromatic heterocycles. The van der Waals surface area contributed by atoms with E-state index in [1.54, 1.807) is 54.8 Å². The van der Waals surface area contributed by atoms with Gasteiger partial charge in [0.1, 0.15) is 16.8 Å². The minimum absolute atomic E-state index is 0.197. The molecule has 0 bridgehead atoms. The largest absolute Gasteiger partial charge is 0.444 e. The standard InChI is InChI=1S/C39H59N5O8/c1-37(2,3)50-34(47)41-19-10-11-20-42(35(48)51-38(4,5)6)21-12-13-22-43(36(49)52-39(7,8)9)23-14-15-24-44-32(45)29-18-16-17-27-25-28(40)26-30(31(27)29)33(44)46/h16-18,25-26H,10-15,19-24,40H2,1-9H3,(H,41,47). The van der Waals surface area contributed by atoms with E-state index in [0.717, 1.165) is 5.39 Å². The van der Waals surface area contributed by atoms with Crippen molar-refractivity contribution in [2.24, 2.45) is 0 Å². The van der Waals surface area contributed by atoms with Gasteiger partial charge in [0.05, 0.1) is 5.56 Å². The van der Waals surface area contributed by atoms with Gasteiger partial charge < -0.3 is 35.1 Å². The van der Waals surface area contributed by atoms with Gasteiger partial charge in [0.25, 0.3) is 11.8 Å². The van der Waals surface area contributed by atoms with Crippen LogP contribution in [0.25, 0.3) is 10.8 Å². The number of nitrogen functional groups attached to an aromatic ring is 1. The third-order valence-electron chi connectivity index (χ3n) is 7.94. The Balaban J connectivity index is 1.55. The maximum Gasteiger partial charge on any atom is 0.410 e. The van der Waals surface area contributed by atoms with E-state index in [4.69, 9.17) is 19.9 Å². The fraction of sp³-hybridized carbons (Fsp3) is 0.615. The Bertz CT molecular complexity index is 1590. The van der Waals surface area contributed by atoms with Crippen molar-refractivity contribution in [3.63, 3.8) is 0 Å². The van der Waals surface area contributed by atoms with E-state index < -0.39 is 35.1 Å². The number of unbranched alkanes of at least 4 members (excludes halogenated alkanes) is 3. The zero-order valence-corrected chi connectivity index (χ0v) is 32.6. The van der Waals surface area contributed by atoms with Gasteiger partial charge in [-0.3, -0.25) is 14.5 Å². The monoisotopic (exact) mass is 725 g/mol. The second kappa shape index (κ2) is 17.8. The molecule has 2 aromatic carbocycles. The summed E-state index contributed by atoms with van der Waals surface area (Å²) < 4.78 is 16.6. The summed E-state index contributed by atoms with van der Waals surface area (Å²) in [6, 6.07) is 8.72. The van der Waals surface area contributed by atoms with Crippen LogP contribution in [-0.2, 0) is 14.2 Å². The second-order valence-electron chi connectivity index (χ2n) is 16.2. The highest BCUT2D eigenvalue weighted by atomic mass is 16.6. The average Bonchev–Trinajstić information content (AvgIpc) is 2.99. The highest BCUT2D eigenvalue weighted by Crippen LogP contribution is 2.32. The Morgan fingerprint density at radius 1 is 0.673 bits per heavy atom.